The van der Waals surface area contributed by atoms with Crippen LogP contribution in [0.2, 0.25) is 10.0 Å². The fourth-order valence-electron chi connectivity index (χ4n) is 4.36. The summed E-state index contributed by atoms with van der Waals surface area (Å²) in [4.78, 5) is 29.2. The molecule has 4 aromatic carbocycles. The molecule has 0 fully saturated rings. The quantitative estimate of drug-likeness (QED) is 0.100. The fraction of sp³-hybridized carbons (Fsp3) is 0.0333. The summed E-state index contributed by atoms with van der Waals surface area (Å²) < 4.78 is 16.2. The number of esters is 1. The van der Waals surface area contributed by atoms with Crippen LogP contribution in [-0.4, -0.2) is 29.9 Å². The van der Waals surface area contributed by atoms with E-state index in [-0.39, 0.29) is 18.2 Å². The number of carbonyl (C=O) groups is 2. The van der Waals surface area contributed by atoms with Crippen molar-refractivity contribution in [3.05, 3.63) is 112 Å². The smallest absolute Gasteiger partial charge is 0.343 e. The van der Waals surface area contributed by atoms with E-state index in [1.165, 1.54) is 6.21 Å². The van der Waals surface area contributed by atoms with Gasteiger partial charge in [0.15, 0.2) is 11.5 Å². The van der Waals surface area contributed by atoms with Crippen LogP contribution in [0.1, 0.15) is 26.4 Å². The second-order valence-corrected chi connectivity index (χ2v) is 9.58. The lowest BCUT2D eigenvalue weighted by Crippen LogP contribution is -2.19. The van der Waals surface area contributed by atoms with Crippen LogP contribution in [0.5, 0.6) is 17.2 Å². The molecule has 1 aromatic heterocycles. The SMILES string of the molecule is O=C(Oc1ccccc1C=NNC(=O)c1[nH]c2ccc(Cl)cc2c1-c1ccccc1Cl)c1ccc2c(c1)OCO2. The lowest BCUT2D eigenvalue weighted by Gasteiger charge is -2.08. The molecule has 6 rings (SSSR count). The molecule has 1 aliphatic heterocycles. The minimum absolute atomic E-state index is 0.102. The van der Waals surface area contributed by atoms with Gasteiger partial charge in [0.2, 0.25) is 6.79 Å². The number of benzene rings is 4. The molecule has 198 valence electrons. The number of hydrogen-bond donors (Lipinski definition) is 2. The molecule has 0 saturated carbocycles. The summed E-state index contributed by atoms with van der Waals surface area (Å²) in [6.45, 7) is 0.102. The standard InChI is InChI=1S/C30H19Cl2N3O5/c31-19-10-11-23-21(14-19)27(20-6-2-3-7-22(20)32)28(34-23)29(36)35-33-15-18-5-1-4-8-24(18)40-30(37)17-9-12-25-26(13-17)39-16-38-25/h1-15,34H,16H2,(H,35,36). The van der Waals surface area contributed by atoms with Crippen LogP contribution in [-0.2, 0) is 0 Å². The maximum atomic E-state index is 13.3. The Kier molecular flexibility index (Phi) is 6.86. The van der Waals surface area contributed by atoms with Gasteiger partial charge in [-0.3, -0.25) is 4.79 Å². The molecular formula is C30H19Cl2N3O5. The van der Waals surface area contributed by atoms with E-state index in [1.807, 2.05) is 18.2 Å². The first-order chi connectivity index (χ1) is 19.5. The Balaban J connectivity index is 1.24. The molecule has 8 nitrogen and oxygen atoms in total. The molecule has 2 heterocycles. The van der Waals surface area contributed by atoms with Crippen LogP contribution in [0.25, 0.3) is 22.0 Å². The van der Waals surface area contributed by atoms with E-state index in [0.29, 0.717) is 49.3 Å². The second-order valence-electron chi connectivity index (χ2n) is 8.74. The zero-order chi connectivity index (χ0) is 27.6. The summed E-state index contributed by atoms with van der Waals surface area (Å²) in [7, 11) is 0. The largest absolute Gasteiger partial charge is 0.454 e. The highest BCUT2D eigenvalue weighted by Crippen LogP contribution is 2.38. The Morgan fingerprint density at radius 1 is 0.925 bits per heavy atom. The van der Waals surface area contributed by atoms with Gasteiger partial charge in [0.1, 0.15) is 11.4 Å². The number of amides is 1. The molecule has 5 aromatic rings. The van der Waals surface area contributed by atoms with Crippen molar-refractivity contribution in [3.63, 3.8) is 0 Å². The molecule has 10 heteroatoms. The topological polar surface area (TPSA) is 102 Å². The lowest BCUT2D eigenvalue weighted by molar-refractivity contribution is 0.0733. The van der Waals surface area contributed by atoms with E-state index in [2.05, 4.69) is 15.5 Å². The number of aromatic nitrogens is 1. The molecule has 1 aliphatic rings. The van der Waals surface area contributed by atoms with Gasteiger partial charge in [-0.2, -0.15) is 5.10 Å². The highest BCUT2D eigenvalue weighted by atomic mass is 35.5. The number of hydrogen-bond acceptors (Lipinski definition) is 6. The number of para-hydroxylation sites is 1. The van der Waals surface area contributed by atoms with E-state index in [9.17, 15) is 9.59 Å². The Morgan fingerprint density at radius 2 is 1.73 bits per heavy atom. The number of carbonyl (C=O) groups excluding carboxylic acids is 2. The third kappa shape index (κ3) is 4.98. The number of fused-ring (bicyclic) bond motifs is 2. The minimum Gasteiger partial charge on any atom is -0.454 e. The Labute approximate surface area is 238 Å². The van der Waals surface area contributed by atoms with Crippen molar-refractivity contribution in [1.82, 2.24) is 10.4 Å². The first-order valence-corrected chi connectivity index (χ1v) is 12.8. The van der Waals surface area contributed by atoms with Gasteiger partial charge in [0.25, 0.3) is 5.91 Å². The number of rotatable bonds is 6. The molecule has 0 aliphatic carbocycles. The third-order valence-corrected chi connectivity index (χ3v) is 6.80. The normalized spacial score (nSPS) is 12.2. The van der Waals surface area contributed by atoms with Gasteiger partial charge in [-0.15, -0.1) is 0 Å². The Hall–Kier alpha value is -4.79. The number of nitrogens with zero attached hydrogens (tertiary/aromatic N) is 1. The van der Waals surface area contributed by atoms with Crippen LogP contribution in [0.4, 0.5) is 0 Å². The molecule has 0 bridgehead atoms. The van der Waals surface area contributed by atoms with Crippen molar-refractivity contribution in [3.8, 4) is 28.4 Å². The van der Waals surface area contributed by atoms with Crippen LogP contribution in [0.15, 0.2) is 90.0 Å². The predicted molar refractivity (Wildman–Crippen MR) is 153 cm³/mol. The van der Waals surface area contributed by atoms with Gasteiger partial charge in [-0.1, -0.05) is 53.5 Å². The molecule has 2 N–H and O–H groups in total. The van der Waals surface area contributed by atoms with Gasteiger partial charge in [-0.05, 0) is 54.6 Å². The van der Waals surface area contributed by atoms with E-state index < -0.39 is 11.9 Å². The molecule has 0 saturated heterocycles. The third-order valence-electron chi connectivity index (χ3n) is 6.23. The predicted octanol–water partition coefficient (Wildman–Crippen LogP) is 6.85. The zero-order valence-corrected chi connectivity index (χ0v) is 22.1. The first-order valence-electron chi connectivity index (χ1n) is 12.1. The maximum absolute atomic E-state index is 13.3. The molecule has 0 spiro atoms. The molecule has 0 radical (unpaired) electrons. The van der Waals surface area contributed by atoms with Crippen molar-refractivity contribution in [1.29, 1.82) is 0 Å². The summed E-state index contributed by atoms with van der Waals surface area (Å²) in [6, 6.07) is 24.2. The monoisotopic (exact) mass is 571 g/mol. The van der Waals surface area contributed by atoms with E-state index >= 15 is 0 Å². The number of halogens is 2. The fourth-order valence-corrected chi connectivity index (χ4v) is 4.76. The van der Waals surface area contributed by atoms with Gasteiger partial charge >= 0.3 is 5.97 Å². The maximum Gasteiger partial charge on any atom is 0.343 e. The summed E-state index contributed by atoms with van der Waals surface area (Å²) in [5, 5.41) is 5.88. The first kappa shape index (κ1) is 25.5. The highest BCUT2D eigenvalue weighted by Gasteiger charge is 2.21. The van der Waals surface area contributed by atoms with Crippen molar-refractivity contribution >= 4 is 52.2 Å². The van der Waals surface area contributed by atoms with Crippen molar-refractivity contribution in [2.75, 3.05) is 6.79 Å². The summed E-state index contributed by atoms with van der Waals surface area (Å²) >= 11 is 12.7. The second kappa shape index (κ2) is 10.8. The number of nitrogens with one attached hydrogen (secondary N) is 2. The van der Waals surface area contributed by atoms with Crippen molar-refractivity contribution in [2.24, 2.45) is 5.10 Å². The lowest BCUT2D eigenvalue weighted by atomic mass is 10.0. The summed E-state index contributed by atoms with van der Waals surface area (Å²) in [5.41, 5.74) is 5.59. The van der Waals surface area contributed by atoms with Crippen molar-refractivity contribution < 1.29 is 23.8 Å². The summed E-state index contributed by atoms with van der Waals surface area (Å²) in [5.74, 6) is 0.232. The number of hydrazone groups is 1. The van der Waals surface area contributed by atoms with Crippen LogP contribution in [0.3, 0.4) is 0 Å². The van der Waals surface area contributed by atoms with Crippen LogP contribution < -0.4 is 19.6 Å². The molecular weight excluding hydrogens is 553 g/mol. The average Bonchev–Trinajstić information content (AvgIpc) is 3.58. The van der Waals surface area contributed by atoms with Gasteiger partial charge in [0.05, 0.1) is 11.8 Å². The number of aromatic amines is 1. The van der Waals surface area contributed by atoms with E-state index in [1.54, 1.807) is 66.7 Å². The van der Waals surface area contributed by atoms with Crippen LogP contribution in [0, 0.1) is 0 Å². The minimum atomic E-state index is -0.579. The molecule has 1 amide bonds. The van der Waals surface area contributed by atoms with Crippen molar-refractivity contribution in [2.45, 2.75) is 0 Å². The van der Waals surface area contributed by atoms with Gasteiger partial charge < -0.3 is 19.2 Å². The Morgan fingerprint density at radius 3 is 2.60 bits per heavy atom. The van der Waals surface area contributed by atoms with Gasteiger partial charge in [0, 0.05) is 37.6 Å². The molecule has 0 atom stereocenters. The summed E-state index contributed by atoms with van der Waals surface area (Å²) in [6.07, 6.45) is 1.40. The highest BCUT2D eigenvalue weighted by molar-refractivity contribution is 6.34. The van der Waals surface area contributed by atoms with Crippen LogP contribution >= 0.6 is 23.2 Å². The van der Waals surface area contributed by atoms with E-state index in [0.717, 1.165) is 5.39 Å². The molecule has 40 heavy (non-hydrogen) atoms. The molecule has 0 unspecified atom stereocenters. The van der Waals surface area contributed by atoms with E-state index in [4.69, 9.17) is 37.4 Å². The number of H-pyrrole nitrogens is 1. The average molecular weight is 572 g/mol. The van der Waals surface area contributed by atoms with Gasteiger partial charge in [-0.25, -0.2) is 10.2 Å². The number of ether oxygens (including phenoxy) is 3. The Bertz CT molecular complexity index is 1810. The zero-order valence-electron chi connectivity index (χ0n) is 20.6.